The Bertz CT molecular complexity index is 1250. The van der Waals surface area contributed by atoms with Crippen molar-refractivity contribution in [1.82, 2.24) is 19.7 Å². The summed E-state index contributed by atoms with van der Waals surface area (Å²) in [4.78, 5) is 19.2. The largest absolute Gasteiger partial charge is 0.327 e. The van der Waals surface area contributed by atoms with Crippen LogP contribution in [-0.4, -0.2) is 38.0 Å². The summed E-state index contributed by atoms with van der Waals surface area (Å²) in [6.07, 6.45) is 1.96. The van der Waals surface area contributed by atoms with E-state index in [-0.39, 0.29) is 17.5 Å². The molecule has 0 aliphatic carbocycles. The van der Waals surface area contributed by atoms with Crippen LogP contribution in [0.15, 0.2) is 47.6 Å². The lowest BCUT2D eigenvalue weighted by Crippen LogP contribution is -2.36. The van der Waals surface area contributed by atoms with Gasteiger partial charge in [0.15, 0.2) is 5.65 Å². The van der Waals surface area contributed by atoms with Gasteiger partial charge in [-0.25, -0.2) is 9.37 Å². The summed E-state index contributed by atoms with van der Waals surface area (Å²) >= 11 is 1.27. The van der Waals surface area contributed by atoms with Crippen LogP contribution < -0.4 is 4.90 Å². The van der Waals surface area contributed by atoms with Gasteiger partial charge in [-0.15, -0.1) is 10.2 Å². The molecular weight excluding hydrogens is 389 g/mol. The van der Waals surface area contributed by atoms with Crippen LogP contribution in [0, 0.1) is 5.82 Å². The highest BCUT2D eigenvalue weighted by molar-refractivity contribution is 7.99. The Balaban J connectivity index is 1.39. The van der Waals surface area contributed by atoms with E-state index in [1.54, 1.807) is 6.07 Å². The Labute approximate surface area is 170 Å². The molecule has 0 saturated carbocycles. The van der Waals surface area contributed by atoms with Gasteiger partial charge >= 0.3 is 0 Å². The van der Waals surface area contributed by atoms with Crippen molar-refractivity contribution in [1.29, 1.82) is 0 Å². The Kier molecular flexibility index (Phi) is 4.43. The Hall–Kier alpha value is -3.00. The standard InChI is InChI=1S/C21H18FN5OS/c1-26-17-9-8-14(22)11-15(17)19-20(26)23-21(25-24-19)29-12-18(28)27-10-4-6-13-5-2-3-7-16(13)27/h2-3,5,7-9,11H,4,6,10,12H2,1H3. The Morgan fingerprint density at radius 2 is 2.07 bits per heavy atom. The van der Waals surface area contributed by atoms with E-state index in [1.807, 2.05) is 34.7 Å². The van der Waals surface area contributed by atoms with Crippen molar-refractivity contribution >= 4 is 45.4 Å². The summed E-state index contributed by atoms with van der Waals surface area (Å²) in [6.45, 7) is 0.726. The number of halogens is 1. The van der Waals surface area contributed by atoms with Crippen LogP contribution in [0.5, 0.6) is 0 Å². The highest BCUT2D eigenvalue weighted by Crippen LogP contribution is 2.29. The number of nitrogens with zero attached hydrogens (tertiary/aromatic N) is 5. The minimum atomic E-state index is -0.322. The van der Waals surface area contributed by atoms with Gasteiger partial charge in [0.2, 0.25) is 11.1 Å². The van der Waals surface area contributed by atoms with Crippen LogP contribution >= 0.6 is 11.8 Å². The molecule has 0 spiro atoms. The second kappa shape index (κ2) is 7.11. The molecule has 0 radical (unpaired) electrons. The van der Waals surface area contributed by atoms with Crippen molar-refractivity contribution in [2.75, 3.05) is 17.2 Å². The highest BCUT2D eigenvalue weighted by Gasteiger charge is 2.22. The second-order valence-electron chi connectivity index (χ2n) is 7.05. The summed E-state index contributed by atoms with van der Waals surface area (Å²) in [7, 11) is 1.86. The van der Waals surface area contributed by atoms with E-state index in [9.17, 15) is 9.18 Å². The zero-order valence-electron chi connectivity index (χ0n) is 15.8. The summed E-state index contributed by atoms with van der Waals surface area (Å²) in [5, 5.41) is 9.52. The minimum absolute atomic E-state index is 0.0324. The van der Waals surface area contributed by atoms with E-state index < -0.39 is 0 Å². The lowest BCUT2D eigenvalue weighted by atomic mass is 10.0. The molecule has 0 fully saturated rings. The van der Waals surface area contributed by atoms with Crippen LogP contribution in [0.4, 0.5) is 10.1 Å². The van der Waals surface area contributed by atoms with Crippen molar-refractivity contribution in [3.63, 3.8) is 0 Å². The van der Waals surface area contributed by atoms with Crippen LogP contribution in [-0.2, 0) is 18.3 Å². The maximum absolute atomic E-state index is 13.6. The molecule has 29 heavy (non-hydrogen) atoms. The molecular formula is C21H18FN5OS. The van der Waals surface area contributed by atoms with Crippen molar-refractivity contribution in [2.45, 2.75) is 18.0 Å². The number of aryl methyl sites for hydroxylation is 2. The van der Waals surface area contributed by atoms with Crippen molar-refractivity contribution in [3.05, 3.63) is 53.8 Å². The average molecular weight is 407 g/mol. The molecule has 0 atom stereocenters. The molecule has 146 valence electrons. The molecule has 4 aromatic rings. The molecule has 3 heterocycles. The van der Waals surface area contributed by atoms with Crippen LogP contribution in [0.25, 0.3) is 22.1 Å². The lowest BCUT2D eigenvalue weighted by Gasteiger charge is -2.29. The van der Waals surface area contributed by atoms with Gasteiger partial charge in [-0.2, -0.15) is 0 Å². The molecule has 8 heteroatoms. The fourth-order valence-corrected chi connectivity index (χ4v) is 4.53. The molecule has 2 aromatic heterocycles. The molecule has 6 nitrogen and oxygen atoms in total. The molecule has 1 aliphatic rings. The fourth-order valence-electron chi connectivity index (χ4n) is 3.87. The third-order valence-corrected chi connectivity index (χ3v) is 6.10. The monoisotopic (exact) mass is 407 g/mol. The zero-order chi connectivity index (χ0) is 20.0. The quantitative estimate of drug-likeness (QED) is 0.484. The van der Waals surface area contributed by atoms with Crippen molar-refractivity contribution in [2.24, 2.45) is 7.05 Å². The van der Waals surface area contributed by atoms with E-state index in [1.165, 1.54) is 29.5 Å². The summed E-state index contributed by atoms with van der Waals surface area (Å²) < 4.78 is 15.5. The first-order valence-electron chi connectivity index (χ1n) is 9.41. The third-order valence-electron chi connectivity index (χ3n) is 5.28. The first-order chi connectivity index (χ1) is 14.1. The number of carbonyl (C=O) groups is 1. The van der Waals surface area contributed by atoms with Gasteiger partial charge in [0.25, 0.3) is 0 Å². The van der Waals surface area contributed by atoms with Gasteiger partial charge in [-0.3, -0.25) is 4.79 Å². The van der Waals surface area contributed by atoms with Crippen LogP contribution in [0.2, 0.25) is 0 Å². The molecule has 1 amide bonds. The van der Waals surface area contributed by atoms with E-state index in [2.05, 4.69) is 21.2 Å². The number of benzene rings is 2. The predicted molar refractivity (Wildman–Crippen MR) is 112 cm³/mol. The van der Waals surface area contributed by atoms with E-state index in [0.717, 1.165) is 30.6 Å². The number of aromatic nitrogens is 4. The number of thioether (sulfide) groups is 1. The Morgan fingerprint density at radius 3 is 2.97 bits per heavy atom. The smallest absolute Gasteiger partial charge is 0.237 e. The van der Waals surface area contributed by atoms with Gasteiger partial charge in [-0.05, 0) is 42.7 Å². The summed E-state index contributed by atoms with van der Waals surface area (Å²) in [6, 6.07) is 12.6. The second-order valence-corrected chi connectivity index (χ2v) is 8.00. The number of hydrogen-bond donors (Lipinski definition) is 0. The van der Waals surface area contributed by atoms with Gasteiger partial charge in [0, 0.05) is 24.7 Å². The molecule has 2 aromatic carbocycles. The van der Waals surface area contributed by atoms with Gasteiger partial charge in [0.1, 0.15) is 11.3 Å². The van der Waals surface area contributed by atoms with E-state index >= 15 is 0 Å². The zero-order valence-corrected chi connectivity index (χ0v) is 16.6. The van der Waals surface area contributed by atoms with Gasteiger partial charge in [0.05, 0.1) is 11.3 Å². The number of fused-ring (bicyclic) bond motifs is 4. The number of anilines is 1. The first-order valence-corrected chi connectivity index (χ1v) is 10.4. The summed E-state index contributed by atoms with van der Waals surface area (Å²) in [5.41, 5.74) is 4.22. The molecule has 0 bridgehead atoms. The minimum Gasteiger partial charge on any atom is -0.327 e. The van der Waals surface area contributed by atoms with E-state index in [0.29, 0.717) is 21.7 Å². The van der Waals surface area contributed by atoms with Gasteiger partial charge < -0.3 is 9.47 Å². The third kappa shape index (κ3) is 3.13. The molecule has 5 rings (SSSR count). The van der Waals surface area contributed by atoms with Crippen LogP contribution in [0.3, 0.4) is 0 Å². The molecule has 0 unspecified atom stereocenters. The molecule has 1 aliphatic heterocycles. The maximum Gasteiger partial charge on any atom is 0.237 e. The number of para-hydroxylation sites is 1. The Morgan fingerprint density at radius 1 is 1.21 bits per heavy atom. The van der Waals surface area contributed by atoms with Crippen molar-refractivity contribution < 1.29 is 9.18 Å². The topological polar surface area (TPSA) is 63.9 Å². The fraction of sp³-hybridized carbons (Fsp3) is 0.238. The predicted octanol–water partition coefficient (Wildman–Crippen LogP) is 3.73. The number of rotatable bonds is 3. The van der Waals surface area contributed by atoms with Crippen LogP contribution in [0.1, 0.15) is 12.0 Å². The summed E-state index contributed by atoms with van der Waals surface area (Å²) in [5.74, 6) is -0.0530. The SMILES string of the molecule is Cn1c2ccc(F)cc2c2nnc(SCC(=O)N3CCCc4ccccc43)nc21. The molecule has 0 saturated heterocycles. The number of amides is 1. The van der Waals surface area contributed by atoms with Crippen molar-refractivity contribution in [3.8, 4) is 0 Å². The highest BCUT2D eigenvalue weighted by atomic mass is 32.2. The average Bonchev–Trinajstić information content (AvgIpc) is 3.02. The first kappa shape index (κ1) is 18.1. The van der Waals surface area contributed by atoms with Gasteiger partial charge in [-0.1, -0.05) is 30.0 Å². The number of carbonyl (C=O) groups excluding carboxylic acids is 1. The number of hydrogen-bond acceptors (Lipinski definition) is 5. The normalized spacial score (nSPS) is 13.8. The van der Waals surface area contributed by atoms with E-state index in [4.69, 9.17) is 0 Å². The lowest BCUT2D eigenvalue weighted by molar-refractivity contribution is -0.116. The maximum atomic E-state index is 13.6. The molecule has 0 N–H and O–H groups in total.